The van der Waals surface area contributed by atoms with Gasteiger partial charge in [0.05, 0.1) is 0 Å². The zero-order valence-electron chi connectivity index (χ0n) is 15.4. The fourth-order valence-electron chi connectivity index (χ4n) is 1.91. The molecule has 1 rings (SSSR count). The number of aliphatic imine (C=N–C) groups is 1. The van der Waals surface area contributed by atoms with Gasteiger partial charge in [0, 0.05) is 31.4 Å². The molecule has 0 aliphatic carbocycles. The largest absolute Gasteiger partial charge is 0.355 e. The van der Waals surface area contributed by atoms with Gasteiger partial charge in [-0.05, 0) is 57.5 Å². The molecule has 0 fully saturated rings. The molecule has 0 bridgehead atoms. The maximum atomic E-state index is 13.4. The molecular weight excluding hydrogens is 438 g/mol. The fraction of sp³-hybridized carbons (Fsp3) is 0.588. The van der Waals surface area contributed by atoms with Crippen LogP contribution in [0.5, 0.6) is 0 Å². The first-order valence-corrected chi connectivity index (χ1v) is 9.07. The minimum atomic E-state index is -0.187. The Labute approximate surface area is 167 Å². The van der Waals surface area contributed by atoms with Gasteiger partial charge in [0.25, 0.3) is 0 Å². The molecule has 0 atom stereocenters. The summed E-state index contributed by atoms with van der Waals surface area (Å²) >= 11 is 1.69. The van der Waals surface area contributed by atoms with E-state index in [4.69, 9.17) is 0 Å². The van der Waals surface area contributed by atoms with Gasteiger partial charge in [-0.15, -0.1) is 24.0 Å². The molecule has 0 saturated carbocycles. The summed E-state index contributed by atoms with van der Waals surface area (Å²) in [6, 6.07) is 4.95. The highest BCUT2D eigenvalue weighted by molar-refractivity contribution is 14.0. The molecular formula is C17H30FIN4S. The van der Waals surface area contributed by atoms with Gasteiger partial charge < -0.3 is 15.5 Å². The second-order valence-electron chi connectivity index (χ2n) is 6.33. The van der Waals surface area contributed by atoms with E-state index in [9.17, 15) is 4.39 Å². The summed E-state index contributed by atoms with van der Waals surface area (Å²) in [6.07, 6.45) is 2.02. The van der Waals surface area contributed by atoms with Crippen molar-refractivity contribution in [1.82, 2.24) is 15.5 Å². The van der Waals surface area contributed by atoms with Crippen molar-refractivity contribution >= 4 is 41.7 Å². The molecule has 4 nitrogen and oxygen atoms in total. The van der Waals surface area contributed by atoms with E-state index in [1.165, 1.54) is 6.07 Å². The molecule has 0 aliphatic heterocycles. The van der Waals surface area contributed by atoms with Crippen LogP contribution in [-0.4, -0.2) is 50.3 Å². The molecule has 0 amide bonds. The molecule has 0 aliphatic rings. The Hall–Kier alpha value is -0.540. The summed E-state index contributed by atoms with van der Waals surface area (Å²) in [7, 11) is 5.88. The van der Waals surface area contributed by atoms with Crippen molar-refractivity contribution in [2.24, 2.45) is 4.99 Å². The second kappa shape index (κ2) is 11.1. The topological polar surface area (TPSA) is 39.7 Å². The predicted octanol–water partition coefficient (Wildman–Crippen LogP) is 3.31. The Morgan fingerprint density at radius 2 is 1.92 bits per heavy atom. The predicted molar refractivity (Wildman–Crippen MR) is 115 cm³/mol. The average Bonchev–Trinajstić information content (AvgIpc) is 2.49. The van der Waals surface area contributed by atoms with Gasteiger partial charge in [-0.2, -0.15) is 11.8 Å². The lowest BCUT2D eigenvalue weighted by atomic mass is 10.0. The molecule has 0 unspecified atom stereocenters. The van der Waals surface area contributed by atoms with Gasteiger partial charge in [0.1, 0.15) is 5.82 Å². The maximum Gasteiger partial charge on any atom is 0.191 e. The Morgan fingerprint density at radius 1 is 1.25 bits per heavy atom. The van der Waals surface area contributed by atoms with Gasteiger partial charge in [-0.3, -0.25) is 4.99 Å². The highest BCUT2D eigenvalue weighted by Crippen LogP contribution is 2.16. The van der Waals surface area contributed by atoms with Gasteiger partial charge >= 0.3 is 0 Å². The number of hydrogen-bond donors (Lipinski definition) is 2. The van der Waals surface area contributed by atoms with Crippen molar-refractivity contribution in [2.45, 2.75) is 31.7 Å². The molecule has 24 heavy (non-hydrogen) atoms. The van der Waals surface area contributed by atoms with Crippen molar-refractivity contribution in [1.29, 1.82) is 0 Å². The van der Waals surface area contributed by atoms with Gasteiger partial charge in [-0.1, -0.05) is 6.07 Å². The molecule has 138 valence electrons. The molecule has 0 radical (unpaired) electrons. The van der Waals surface area contributed by atoms with E-state index < -0.39 is 0 Å². The van der Waals surface area contributed by atoms with E-state index in [0.717, 1.165) is 29.4 Å². The SMILES string of the molecule is CN=C(NCc1ccc(F)cc1CSC)NCC(C)(C)N(C)C.I. The van der Waals surface area contributed by atoms with Crippen LogP contribution >= 0.6 is 35.7 Å². The van der Waals surface area contributed by atoms with Crippen LogP contribution in [0.15, 0.2) is 23.2 Å². The first-order valence-electron chi connectivity index (χ1n) is 7.68. The van der Waals surface area contributed by atoms with Crippen molar-refractivity contribution in [3.63, 3.8) is 0 Å². The average molecular weight is 468 g/mol. The summed E-state index contributed by atoms with van der Waals surface area (Å²) in [6.45, 7) is 5.74. The van der Waals surface area contributed by atoms with Crippen LogP contribution in [0.25, 0.3) is 0 Å². The minimum absolute atomic E-state index is 0. The minimum Gasteiger partial charge on any atom is -0.355 e. The number of thioether (sulfide) groups is 1. The van der Waals surface area contributed by atoms with Crippen molar-refractivity contribution in [3.8, 4) is 0 Å². The number of rotatable bonds is 7. The van der Waals surface area contributed by atoms with Crippen LogP contribution in [0.4, 0.5) is 4.39 Å². The monoisotopic (exact) mass is 468 g/mol. The number of guanidine groups is 1. The van der Waals surface area contributed by atoms with Crippen molar-refractivity contribution in [2.75, 3.05) is 33.9 Å². The van der Waals surface area contributed by atoms with Crippen LogP contribution in [0.1, 0.15) is 25.0 Å². The van der Waals surface area contributed by atoms with Gasteiger partial charge in [-0.25, -0.2) is 4.39 Å². The molecule has 1 aromatic carbocycles. The van der Waals surface area contributed by atoms with E-state index in [2.05, 4.69) is 48.5 Å². The molecule has 1 aromatic rings. The second-order valence-corrected chi connectivity index (χ2v) is 7.20. The van der Waals surface area contributed by atoms with Crippen LogP contribution < -0.4 is 10.6 Å². The molecule has 0 aromatic heterocycles. The summed E-state index contributed by atoms with van der Waals surface area (Å²) in [5.74, 6) is 1.36. The summed E-state index contributed by atoms with van der Waals surface area (Å²) in [5, 5.41) is 6.65. The Kier molecular flexibility index (Phi) is 10.9. The highest BCUT2D eigenvalue weighted by atomic mass is 127. The van der Waals surface area contributed by atoms with Crippen molar-refractivity contribution in [3.05, 3.63) is 35.1 Å². The third-order valence-electron chi connectivity index (χ3n) is 4.04. The first-order chi connectivity index (χ1) is 10.8. The van der Waals surface area contributed by atoms with E-state index >= 15 is 0 Å². The lowest BCUT2D eigenvalue weighted by molar-refractivity contribution is 0.197. The maximum absolute atomic E-state index is 13.4. The smallest absolute Gasteiger partial charge is 0.191 e. The molecule has 0 saturated heterocycles. The molecule has 2 N–H and O–H groups in total. The van der Waals surface area contributed by atoms with E-state index in [0.29, 0.717) is 6.54 Å². The standard InChI is InChI=1S/C17H29FN4S.HI/c1-17(2,22(4)5)12-21-16(19-3)20-10-13-7-8-15(18)9-14(13)11-23-6;/h7-9H,10-12H2,1-6H3,(H2,19,20,21);1H. The summed E-state index contributed by atoms with van der Waals surface area (Å²) < 4.78 is 13.4. The van der Waals surface area contributed by atoms with E-state index in [1.807, 2.05) is 12.3 Å². The number of nitrogens with one attached hydrogen (secondary N) is 2. The Bertz CT molecular complexity index is 535. The number of nitrogens with zero attached hydrogens (tertiary/aromatic N) is 2. The molecule has 7 heteroatoms. The quantitative estimate of drug-likeness (QED) is 0.366. The molecule has 0 spiro atoms. The summed E-state index contributed by atoms with van der Waals surface area (Å²) in [5.41, 5.74) is 2.14. The number of likely N-dealkylation sites (N-methyl/N-ethyl adjacent to an activating group) is 1. The number of halogens is 2. The zero-order chi connectivity index (χ0) is 17.5. The third-order valence-corrected chi connectivity index (χ3v) is 4.64. The van der Waals surface area contributed by atoms with E-state index in [1.54, 1.807) is 24.9 Å². The zero-order valence-corrected chi connectivity index (χ0v) is 18.6. The van der Waals surface area contributed by atoms with Crippen LogP contribution in [0.2, 0.25) is 0 Å². The Morgan fingerprint density at radius 3 is 2.46 bits per heavy atom. The lowest BCUT2D eigenvalue weighted by Crippen LogP contribution is -2.50. The van der Waals surface area contributed by atoms with E-state index in [-0.39, 0.29) is 35.3 Å². The van der Waals surface area contributed by atoms with Crippen LogP contribution in [-0.2, 0) is 12.3 Å². The first kappa shape index (κ1) is 23.5. The van der Waals surface area contributed by atoms with Crippen LogP contribution in [0.3, 0.4) is 0 Å². The normalized spacial score (nSPS) is 12.1. The number of benzene rings is 1. The number of hydrogen-bond acceptors (Lipinski definition) is 3. The highest BCUT2D eigenvalue weighted by Gasteiger charge is 2.20. The molecule has 0 heterocycles. The lowest BCUT2D eigenvalue weighted by Gasteiger charge is -2.33. The fourth-order valence-corrected chi connectivity index (χ4v) is 2.49. The van der Waals surface area contributed by atoms with Crippen molar-refractivity contribution < 1.29 is 4.39 Å². The van der Waals surface area contributed by atoms with Gasteiger partial charge in [0.2, 0.25) is 0 Å². The summed E-state index contributed by atoms with van der Waals surface area (Å²) in [4.78, 5) is 6.43. The van der Waals surface area contributed by atoms with Crippen LogP contribution in [0, 0.1) is 5.82 Å². The third kappa shape index (κ3) is 7.57. The van der Waals surface area contributed by atoms with Gasteiger partial charge in [0.15, 0.2) is 5.96 Å². The Balaban J connectivity index is 0.00000529.